The van der Waals surface area contributed by atoms with Gasteiger partial charge in [-0.2, -0.15) is 0 Å². The zero-order valence-corrected chi connectivity index (χ0v) is 15.7. The molecule has 26 heavy (non-hydrogen) atoms. The quantitative estimate of drug-likeness (QED) is 0.806. The van der Waals surface area contributed by atoms with Gasteiger partial charge in [0.05, 0.1) is 6.04 Å². The van der Waals surface area contributed by atoms with Gasteiger partial charge in [0.15, 0.2) is 0 Å². The van der Waals surface area contributed by atoms with E-state index in [1.54, 1.807) is 0 Å². The van der Waals surface area contributed by atoms with Crippen LogP contribution in [-0.4, -0.2) is 36.0 Å². The molecule has 138 valence electrons. The molecule has 0 radical (unpaired) electrons. The summed E-state index contributed by atoms with van der Waals surface area (Å²) in [6.45, 7) is 7.34. The van der Waals surface area contributed by atoms with Gasteiger partial charge in [-0.3, -0.25) is 9.69 Å². The first-order valence-electron chi connectivity index (χ1n) is 9.51. The molecule has 1 saturated heterocycles. The number of carbonyl (C=O) groups excluding carboxylic acids is 1. The number of nitrogens with one attached hydrogen (secondary N) is 2. The fourth-order valence-electron chi connectivity index (χ4n) is 3.67. The number of rotatable bonds is 7. The number of hydrogen-bond acceptors (Lipinski definition) is 3. The standard InChI is InChI=1S/C22H29N3O/c1-3-23-22(26)21-13-20(24-14-19-12-8-7-9-17(19)2)16-25(21)15-18-10-5-4-6-11-18/h4-12,20-21,24H,3,13-16H2,1-2H3,(H,23,26)/t20-,21+/m1/s1. The van der Waals surface area contributed by atoms with E-state index in [1.807, 2.05) is 13.0 Å². The Kier molecular flexibility index (Phi) is 6.42. The molecule has 0 bridgehead atoms. The molecule has 3 rings (SSSR count). The van der Waals surface area contributed by atoms with Crippen LogP contribution in [0, 0.1) is 6.92 Å². The average molecular weight is 351 g/mol. The first-order valence-corrected chi connectivity index (χ1v) is 9.51. The van der Waals surface area contributed by atoms with Gasteiger partial charge >= 0.3 is 0 Å². The molecule has 4 nitrogen and oxygen atoms in total. The summed E-state index contributed by atoms with van der Waals surface area (Å²) >= 11 is 0. The van der Waals surface area contributed by atoms with E-state index in [4.69, 9.17) is 0 Å². The fourth-order valence-corrected chi connectivity index (χ4v) is 3.67. The second-order valence-corrected chi connectivity index (χ2v) is 7.07. The molecular formula is C22H29N3O. The van der Waals surface area contributed by atoms with Gasteiger partial charge in [0.1, 0.15) is 0 Å². The van der Waals surface area contributed by atoms with E-state index in [9.17, 15) is 4.79 Å². The highest BCUT2D eigenvalue weighted by molar-refractivity contribution is 5.82. The number of nitrogens with zero attached hydrogens (tertiary/aromatic N) is 1. The number of likely N-dealkylation sites (N-methyl/N-ethyl adjacent to an activating group) is 1. The maximum absolute atomic E-state index is 12.5. The van der Waals surface area contributed by atoms with Crippen molar-refractivity contribution in [1.29, 1.82) is 0 Å². The second-order valence-electron chi connectivity index (χ2n) is 7.07. The van der Waals surface area contributed by atoms with Crippen molar-refractivity contribution in [1.82, 2.24) is 15.5 Å². The third-order valence-corrected chi connectivity index (χ3v) is 5.13. The Morgan fingerprint density at radius 3 is 2.58 bits per heavy atom. The van der Waals surface area contributed by atoms with Crippen molar-refractivity contribution in [3.8, 4) is 0 Å². The monoisotopic (exact) mass is 351 g/mol. The summed E-state index contributed by atoms with van der Waals surface area (Å²) in [5, 5.41) is 6.66. The molecule has 2 aromatic carbocycles. The Balaban J connectivity index is 1.65. The van der Waals surface area contributed by atoms with Gasteiger partial charge in [0.2, 0.25) is 5.91 Å². The maximum atomic E-state index is 12.5. The number of carbonyl (C=O) groups is 1. The Morgan fingerprint density at radius 2 is 1.85 bits per heavy atom. The Hall–Kier alpha value is -2.17. The van der Waals surface area contributed by atoms with Crippen molar-refractivity contribution in [3.05, 3.63) is 71.3 Å². The minimum absolute atomic E-state index is 0.0653. The molecule has 1 heterocycles. The van der Waals surface area contributed by atoms with E-state index in [0.29, 0.717) is 12.6 Å². The van der Waals surface area contributed by atoms with Crippen molar-refractivity contribution in [2.75, 3.05) is 13.1 Å². The molecule has 0 unspecified atom stereocenters. The zero-order chi connectivity index (χ0) is 18.4. The Labute approximate surface area is 156 Å². The lowest BCUT2D eigenvalue weighted by Gasteiger charge is -2.23. The smallest absolute Gasteiger partial charge is 0.237 e. The number of hydrogen-bond donors (Lipinski definition) is 2. The Morgan fingerprint density at radius 1 is 1.12 bits per heavy atom. The highest BCUT2D eigenvalue weighted by Crippen LogP contribution is 2.21. The van der Waals surface area contributed by atoms with Crippen LogP contribution in [0.15, 0.2) is 54.6 Å². The Bertz CT molecular complexity index is 716. The van der Waals surface area contributed by atoms with Crippen LogP contribution in [0.1, 0.15) is 30.0 Å². The molecule has 4 heteroatoms. The molecule has 2 aromatic rings. The second kappa shape index (κ2) is 8.97. The minimum atomic E-state index is -0.0653. The third-order valence-electron chi connectivity index (χ3n) is 5.13. The van der Waals surface area contributed by atoms with Crippen LogP contribution in [0.25, 0.3) is 0 Å². The summed E-state index contributed by atoms with van der Waals surface area (Å²) in [5.74, 6) is 0.142. The van der Waals surface area contributed by atoms with E-state index in [0.717, 1.165) is 26.1 Å². The van der Waals surface area contributed by atoms with Crippen molar-refractivity contribution in [2.45, 2.75) is 45.4 Å². The number of likely N-dealkylation sites (tertiary alicyclic amines) is 1. The molecule has 1 amide bonds. The summed E-state index contributed by atoms with van der Waals surface area (Å²) in [7, 11) is 0. The highest BCUT2D eigenvalue weighted by Gasteiger charge is 2.36. The van der Waals surface area contributed by atoms with Crippen LogP contribution in [0.3, 0.4) is 0 Å². The van der Waals surface area contributed by atoms with Gasteiger partial charge in [0, 0.05) is 32.2 Å². The first kappa shape index (κ1) is 18.6. The summed E-state index contributed by atoms with van der Waals surface area (Å²) in [6, 6.07) is 19.1. The largest absolute Gasteiger partial charge is 0.355 e. The van der Waals surface area contributed by atoms with E-state index in [1.165, 1.54) is 16.7 Å². The summed E-state index contributed by atoms with van der Waals surface area (Å²) in [5.41, 5.74) is 3.88. The molecular weight excluding hydrogens is 322 g/mol. The molecule has 2 atom stereocenters. The lowest BCUT2D eigenvalue weighted by Crippen LogP contribution is -2.42. The van der Waals surface area contributed by atoms with Crippen LogP contribution in [0.2, 0.25) is 0 Å². The van der Waals surface area contributed by atoms with Crippen molar-refractivity contribution in [3.63, 3.8) is 0 Å². The first-order chi connectivity index (χ1) is 12.7. The zero-order valence-electron chi connectivity index (χ0n) is 15.7. The van der Waals surface area contributed by atoms with Crippen molar-refractivity contribution < 1.29 is 4.79 Å². The fraction of sp³-hybridized carbons (Fsp3) is 0.409. The number of amides is 1. The van der Waals surface area contributed by atoms with E-state index < -0.39 is 0 Å². The number of aryl methyl sites for hydroxylation is 1. The van der Waals surface area contributed by atoms with Gasteiger partial charge < -0.3 is 10.6 Å². The van der Waals surface area contributed by atoms with Gasteiger partial charge in [0.25, 0.3) is 0 Å². The molecule has 1 aliphatic rings. The van der Waals surface area contributed by atoms with Crippen molar-refractivity contribution in [2.24, 2.45) is 0 Å². The minimum Gasteiger partial charge on any atom is -0.355 e. The SMILES string of the molecule is CCNC(=O)[C@@H]1C[C@@H](NCc2ccccc2C)CN1Cc1ccccc1. The van der Waals surface area contributed by atoms with E-state index in [-0.39, 0.29) is 11.9 Å². The van der Waals surface area contributed by atoms with Gasteiger partial charge in [-0.25, -0.2) is 0 Å². The van der Waals surface area contributed by atoms with Crippen LogP contribution in [0.4, 0.5) is 0 Å². The van der Waals surface area contributed by atoms with E-state index >= 15 is 0 Å². The third kappa shape index (κ3) is 4.71. The molecule has 0 spiro atoms. The van der Waals surface area contributed by atoms with Gasteiger partial charge in [-0.15, -0.1) is 0 Å². The summed E-state index contributed by atoms with van der Waals surface area (Å²) < 4.78 is 0. The maximum Gasteiger partial charge on any atom is 0.237 e. The van der Waals surface area contributed by atoms with Crippen LogP contribution in [0.5, 0.6) is 0 Å². The van der Waals surface area contributed by atoms with Crippen LogP contribution in [-0.2, 0) is 17.9 Å². The van der Waals surface area contributed by atoms with Crippen LogP contribution < -0.4 is 10.6 Å². The molecule has 0 saturated carbocycles. The van der Waals surface area contributed by atoms with Gasteiger partial charge in [-0.05, 0) is 37.0 Å². The topological polar surface area (TPSA) is 44.4 Å². The molecule has 0 aromatic heterocycles. The van der Waals surface area contributed by atoms with E-state index in [2.05, 4.69) is 71.0 Å². The normalized spacial score (nSPS) is 20.2. The summed E-state index contributed by atoms with van der Waals surface area (Å²) in [6.07, 6.45) is 0.852. The average Bonchev–Trinajstić information content (AvgIpc) is 3.05. The predicted octanol–water partition coefficient (Wildman–Crippen LogP) is 2.86. The lowest BCUT2D eigenvalue weighted by molar-refractivity contribution is -0.125. The molecule has 1 fully saturated rings. The lowest BCUT2D eigenvalue weighted by atomic mass is 10.1. The van der Waals surface area contributed by atoms with Crippen LogP contribution >= 0.6 is 0 Å². The summed E-state index contributed by atoms with van der Waals surface area (Å²) in [4.78, 5) is 14.8. The number of benzene rings is 2. The predicted molar refractivity (Wildman–Crippen MR) is 106 cm³/mol. The molecule has 1 aliphatic heterocycles. The molecule has 2 N–H and O–H groups in total. The van der Waals surface area contributed by atoms with Gasteiger partial charge in [-0.1, -0.05) is 54.6 Å². The highest BCUT2D eigenvalue weighted by atomic mass is 16.2. The molecule has 0 aliphatic carbocycles. The van der Waals surface area contributed by atoms with Crippen molar-refractivity contribution >= 4 is 5.91 Å².